The summed E-state index contributed by atoms with van der Waals surface area (Å²) >= 11 is 5.91. The molecule has 2 aromatic heterocycles. The molecule has 2 aromatic carbocycles. The molecule has 0 aliphatic heterocycles. The van der Waals surface area contributed by atoms with Gasteiger partial charge in [-0.2, -0.15) is 5.10 Å². The van der Waals surface area contributed by atoms with Gasteiger partial charge >= 0.3 is 0 Å². The molecule has 0 fully saturated rings. The van der Waals surface area contributed by atoms with Crippen molar-refractivity contribution >= 4 is 23.3 Å². The molecule has 0 saturated carbocycles. The van der Waals surface area contributed by atoms with E-state index in [1.807, 2.05) is 0 Å². The number of hydrazone groups is 1. The zero-order valence-electron chi connectivity index (χ0n) is 18.1. The first-order chi connectivity index (χ1) is 17.0. The third kappa shape index (κ3) is 6.51. The number of para-hydroxylation sites is 1. The highest BCUT2D eigenvalue weighted by atomic mass is 35.5. The van der Waals surface area contributed by atoms with Gasteiger partial charge in [-0.15, -0.1) is 5.10 Å². The van der Waals surface area contributed by atoms with Crippen LogP contribution in [0.2, 0.25) is 5.15 Å². The maximum Gasteiger partial charge on any atom is 0.275 e. The summed E-state index contributed by atoms with van der Waals surface area (Å²) in [6.07, 6.45) is 1.49. The number of rotatable bonds is 9. The van der Waals surface area contributed by atoms with E-state index in [1.54, 1.807) is 42.5 Å². The molecule has 0 aliphatic carbocycles. The lowest BCUT2D eigenvalue weighted by molar-refractivity contribution is 0.0950. The minimum absolute atomic E-state index is 0.00871. The van der Waals surface area contributed by atoms with Crippen LogP contribution in [0.4, 0.5) is 4.39 Å². The molecule has 35 heavy (non-hydrogen) atoms. The number of amidine groups is 1. The van der Waals surface area contributed by atoms with Gasteiger partial charge < -0.3 is 15.2 Å². The first kappa shape index (κ1) is 23.6. The van der Waals surface area contributed by atoms with E-state index in [4.69, 9.17) is 26.8 Å². The highest BCUT2D eigenvalue weighted by molar-refractivity contribution is 6.29. The quantitative estimate of drug-likeness (QED) is 0.158. The monoisotopic (exact) mass is 495 g/mol. The molecule has 0 spiro atoms. The van der Waals surface area contributed by atoms with E-state index >= 15 is 0 Å². The number of hydrogen-bond donors (Lipinski definition) is 2. The molecule has 2 heterocycles. The molecule has 0 unspecified atom stereocenters. The number of nitrogens with zero attached hydrogens (tertiary/aromatic N) is 5. The van der Waals surface area contributed by atoms with Crippen LogP contribution in [0.1, 0.15) is 16.2 Å². The van der Waals surface area contributed by atoms with Gasteiger partial charge in [-0.05, 0) is 48.5 Å². The molecule has 0 aliphatic rings. The van der Waals surface area contributed by atoms with Crippen molar-refractivity contribution < 1.29 is 18.7 Å². The highest BCUT2D eigenvalue weighted by Crippen LogP contribution is 2.19. The van der Waals surface area contributed by atoms with E-state index < -0.39 is 5.91 Å². The fourth-order valence-corrected chi connectivity index (χ4v) is 2.98. The largest absolute Gasteiger partial charge is 0.486 e. The fraction of sp³-hybridized carbons (Fsp3) is 0.0870. The van der Waals surface area contributed by atoms with E-state index in [-0.39, 0.29) is 30.4 Å². The van der Waals surface area contributed by atoms with E-state index in [0.29, 0.717) is 28.3 Å². The summed E-state index contributed by atoms with van der Waals surface area (Å²) in [4.78, 5) is 21.0. The lowest BCUT2D eigenvalue weighted by Gasteiger charge is -2.09. The summed E-state index contributed by atoms with van der Waals surface area (Å²) < 4.78 is 25.6. The van der Waals surface area contributed by atoms with E-state index in [9.17, 15) is 9.18 Å². The average Bonchev–Trinajstić information content (AvgIpc) is 3.35. The molecule has 4 rings (SSSR count). The topological polar surface area (TPSA) is 130 Å². The predicted octanol–water partition coefficient (Wildman–Crippen LogP) is 3.11. The lowest BCUT2D eigenvalue weighted by Crippen LogP contribution is -2.27. The smallest absolute Gasteiger partial charge is 0.275 e. The van der Waals surface area contributed by atoms with Crippen molar-refractivity contribution in [1.29, 1.82) is 0 Å². The van der Waals surface area contributed by atoms with Gasteiger partial charge in [0.05, 0.1) is 5.56 Å². The SMILES string of the molecule is N/C(COc1ccc(F)cc1)=N\NC(=O)c1ccccc1OCc1ncn(-c2cccc(Cl)n2)n1. The van der Waals surface area contributed by atoms with Crippen LogP contribution in [0.15, 0.2) is 78.2 Å². The molecule has 178 valence electrons. The van der Waals surface area contributed by atoms with Gasteiger partial charge in [-0.25, -0.2) is 24.5 Å². The van der Waals surface area contributed by atoms with Crippen LogP contribution >= 0.6 is 11.6 Å². The summed E-state index contributed by atoms with van der Waals surface area (Å²) in [5.74, 6) is 0.708. The minimum atomic E-state index is -0.535. The number of hydrogen-bond acceptors (Lipinski definition) is 7. The maximum absolute atomic E-state index is 12.9. The van der Waals surface area contributed by atoms with Crippen molar-refractivity contribution in [3.8, 4) is 17.3 Å². The minimum Gasteiger partial charge on any atom is -0.486 e. The number of halogens is 2. The van der Waals surface area contributed by atoms with Gasteiger partial charge in [-0.1, -0.05) is 29.8 Å². The van der Waals surface area contributed by atoms with Crippen molar-refractivity contribution in [2.24, 2.45) is 10.8 Å². The molecular formula is C23H19ClFN7O3. The van der Waals surface area contributed by atoms with Gasteiger partial charge in [0.25, 0.3) is 5.91 Å². The Labute approximate surface area is 204 Å². The Hall–Kier alpha value is -4.51. The number of carbonyl (C=O) groups excluding carboxylic acids is 1. The number of pyridine rings is 1. The Morgan fingerprint density at radius 1 is 1.09 bits per heavy atom. The van der Waals surface area contributed by atoms with Crippen LogP contribution in [0.3, 0.4) is 0 Å². The van der Waals surface area contributed by atoms with Gasteiger partial charge in [-0.3, -0.25) is 4.79 Å². The number of benzene rings is 2. The van der Waals surface area contributed by atoms with E-state index in [1.165, 1.54) is 35.3 Å². The van der Waals surface area contributed by atoms with Crippen molar-refractivity contribution in [2.45, 2.75) is 6.61 Å². The van der Waals surface area contributed by atoms with Crippen LogP contribution in [0.25, 0.3) is 5.82 Å². The normalized spacial score (nSPS) is 11.2. The van der Waals surface area contributed by atoms with Crippen molar-refractivity contribution in [1.82, 2.24) is 25.2 Å². The molecule has 0 radical (unpaired) electrons. The second-order valence-electron chi connectivity index (χ2n) is 7.00. The summed E-state index contributed by atoms with van der Waals surface area (Å²) in [7, 11) is 0. The first-order valence-corrected chi connectivity index (χ1v) is 10.6. The van der Waals surface area contributed by atoms with Crippen LogP contribution in [-0.2, 0) is 6.61 Å². The number of ether oxygens (including phenoxy) is 2. The number of nitrogens with two attached hydrogens (primary N) is 1. The Morgan fingerprint density at radius 2 is 1.89 bits per heavy atom. The Bertz CT molecular complexity index is 1340. The third-order valence-electron chi connectivity index (χ3n) is 4.46. The fourth-order valence-electron chi connectivity index (χ4n) is 2.82. The third-order valence-corrected chi connectivity index (χ3v) is 4.67. The standard InChI is InChI=1S/C23H19ClFN7O3/c24-19-6-3-7-22(28-19)32-14-27-21(31-32)13-35-18-5-2-1-4-17(18)23(33)30-29-20(26)12-34-16-10-8-15(25)9-11-16/h1-11,14H,12-13H2,(H2,26,29)(H,30,33). The molecule has 0 bridgehead atoms. The van der Waals surface area contributed by atoms with Gasteiger partial charge in [0, 0.05) is 0 Å². The first-order valence-electron chi connectivity index (χ1n) is 10.2. The zero-order chi connectivity index (χ0) is 24.6. The Morgan fingerprint density at radius 3 is 2.69 bits per heavy atom. The lowest BCUT2D eigenvalue weighted by atomic mass is 10.2. The van der Waals surface area contributed by atoms with Gasteiger partial charge in [0.15, 0.2) is 17.5 Å². The van der Waals surface area contributed by atoms with Crippen LogP contribution in [0, 0.1) is 5.82 Å². The number of carbonyl (C=O) groups is 1. The van der Waals surface area contributed by atoms with Crippen LogP contribution < -0.4 is 20.6 Å². The van der Waals surface area contributed by atoms with Gasteiger partial charge in [0.1, 0.15) is 42.0 Å². The molecule has 12 heteroatoms. The highest BCUT2D eigenvalue weighted by Gasteiger charge is 2.13. The van der Waals surface area contributed by atoms with Crippen molar-refractivity contribution in [3.05, 3.63) is 95.4 Å². The number of aromatic nitrogens is 4. The van der Waals surface area contributed by atoms with Gasteiger partial charge in [0.2, 0.25) is 0 Å². The Balaban J connectivity index is 1.35. The van der Waals surface area contributed by atoms with E-state index in [2.05, 4.69) is 25.6 Å². The molecule has 3 N–H and O–H groups in total. The summed E-state index contributed by atoms with van der Waals surface area (Å²) in [5.41, 5.74) is 8.38. The van der Waals surface area contributed by atoms with E-state index in [0.717, 1.165) is 0 Å². The molecule has 1 amide bonds. The molecule has 0 saturated heterocycles. The molecule has 4 aromatic rings. The molecule has 10 nitrogen and oxygen atoms in total. The van der Waals surface area contributed by atoms with Crippen molar-refractivity contribution in [2.75, 3.05) is 6.61 Å². The number of nitrogens with one attached hydrogen (secondary N) is 1. The maximum atomic E-state index is 12.9. The molecule has 0 atom stereocenters. The zero-order valence-corrected chi connectivity index (χ0v) is 18.9. The molecular weight excluding hydrogens is 477 g/mol. The summed E-state index contributed by atoms with van der Waals surface area (Å²) in [6, 6.07) is 17.2. The Kier molecular flexibility index (Phi) is 7.48. The predicted molar refractivity (Wildman–Crippen MR) is 126 cm³/mol. The van der Waals surface area contributed by atoms with Crippen LogP contribution in [0.5, 0.6) is 11.5 Å². The second-order valence-corrected chi connectivity index (χ2v) is 7.38. The van der Waals surface area contributed by atoms with Crippen LogP contribution in [-0.4, -0.2) is 38.1 Å². The summed E-state index contributed by atoms with van der Waals surface area (Å²) in [5, 5.41) is 8.47. The number of amides is 1. The van der Waals surface area contributed by atoms with Crippen molar-refractivity contribution in [3.63, 3.8) is 0 Å². The summed E-state index contributed by atoms with van der Waals surface area (Å²) in [6.45, 7) is -0.0886. The second kappa shape index (κ2) is 11.1. The average molecular weight is 496 g/mol.